The van der Waals surface area contributed by atoms with Gasteiger partial charge < -0.3 is 10.1 Å². The third-order valence-electron chi connectivity index (χ3n) is 2.97. The van der Waals surface area contributed by atoms with Crippen molar-refractivity contribution in [2.45, 2.75) is 12.7 Å². The van der Waals surface area contributed by atoms with Crippen LogP contribution in [0.1, 0.15) is 17.2 Å². The largest absolute Gasteiger partial charge is 0.368 e. The SMILES string of the molecule is CNCC(OCc1cccc(Br)c1)c1ccc(F)cc1. The Morgan fingerprint density at radius 1 is 1.20 bits per heavy atom. The van der Waals surface area contributed by atoms with Crippen molar-refractivity contribution in [2.24, 2.45) is 0 Å². The molecule has 20 heavy (non-hydrogen) atoms. The van der Waals surface area contributed by atoms with Gasteiger partial charge in [-0.25, -0.2) is 4.39 Å². The summed E-state index contributed by atoms with van der Waals surface area (Å²) in [6, 6.07) is 14.5. The van der Waals surface area contributed by atoms with Gasteiger partial charge in [-0.05, 0) is 42.4 Å². The minimum atomic E-state index is -0.232. The van der Waals surface area contributed by atoms with Gasteiger partial charge in [0, 0.05) is 11.0 Å². The molecule has 0 heterocycles. The van der Waals surface area contributed by atoms with E-state index in [9.17, 15) is 4.39 Å². The van der Waals surface area contributed by atoms with Gasteiger partial charge in [0.25, 0.3) is 0 Å². The number of benzene rings is 2. The van der Waals surface area contributed by atoms with Gasteiger partial charge in [-0.2, -0.15) is 0 Å². The van der Waals surface area contributed by atoms with Gasteiger partial charge in [0.1, 0.15) is 5.82 Å². The summed E-state index contributed by atoms with van der Waals surface area (Å²) in [5.41, 5.74) is 2.07. The van der Waals surface area contributed by atoms with Crippen LogP contribution in [0.5, 0.6) is 0 Å². The maximum Gasteiger partial charge on any atom is 0.123 e. The van der Waals surface area contributed by atoms with E-state index in [4.69, 9.17) is 4.74 Å². The number of ether oxygens (including phenoxy) is 1. The van der Waals surface area contributed by atoms with E-state index >= 15 is 0 Å². The van der Waals surface area contributed by atoms with Gasteiger partial charge in [-0.1, -0.05) is 40.2 Å². The Hall–Kier alpha value is -1.23. The summed E-state index contributed by atoms with van der Waals surface area (Å²) < 4.78 is 19.9. The molecule has 2 aromatic carbocycles. The van der Waals surface area contributed by atoms with Crippen LogP contribution in [0.25, 0.3) is 0 Å². The minimum absolute atomic E-state index is 0.0976. The van der Waals surface area contributed by atoms with Gasteiger partial charge in [0.15, 0.2) is 0 Å². The molecule has 0 fully saturated rings. The molecule has 4 heteroatoms. The molecule has 0 amide bonds. The monoisotopic (exact) mass is 337 g/mol. The Kier molecular flexibility index (Phi) is 5.71. The summed E-state index contributed by atoms with van der Waals surface area (Å²) in [6.07, 6.45) is -0.0976. The summed E-state index contributed by atoms with van der Waals surface area (Å²) >= 11 is 3.44. The van der Waals surface area contributed by atoms with Crippen molar-refractivity contribution in [1.29, 1.82) is 0 Å². The van der Waals surface area contributed by atoms with Crippen LogP contribution < -0.4 is 5.32 Å². The van der Waals surface area contributed by atoms with Gasteiger partial charge in [0.05, 0.1) is 12.7 Å². The Balaban J connectivity index is 2.04. The van der Waals surface area contributed by atoms with Crippen LogP contribution >= 0.6 is 15.9 Å². The predicted octanol–water partition coefficient (Wildman–Crippen LogP) is 4.07. The predicted molar refractivity (Wildman–Crippen MR) is 82.0 cm³/mol. The summed E-state index contributed by atoms with van der Waals surface area (Å²) in [5, 5.41) is 3.10. The third kappa shape index (κ3) is 4.40. The first-order valence-corrected chi connectivity index (χ1v) is 7.24. The normalized spacial score (nSPS) is 12.3. The molecule has 1 N–H and O–H groups in total. The van der Waals surface area contributed by atoms with Crippen molar-refractivity contribution in [2.75, 3.05) is 13.6 Å². The molecule has 2 nitrogen and oxygen atoms in total. The zero-order chi connectivity index (χ0) is 14.4. The molecule has 0 spiro atoms. The van der Waals surface area contributed by atoms with Crippen molar-refractivity contribution in [3.05, 3.63) is 69.9 Å². The molecule has 0 saturated heterocycles. The lowest BCUT2D eigenvalue weighted by atomic mass is 10.1. The molecule has 0 aliphatic heterocycles. The van der Waals surface area contributed by atoms with Gasteiger partial charge >= 0.3 is 0 Å². The lowest BCUT2D eigenvalue weighted by molar-refractivity contribution is 0.0410. The number of nitrogens with one attached hydrogen (secondary N) is 1. The van der Waals surface area contributed by atoms with Crippen LogP contribution in [-0.2, 0) is 11.3 Å². The van der Waals surface area contributed by atoms with E-state index in [1.807, 2.05) is 31.3 Å². The van der Waals surface area contributed by atoms with Crippen LogP contribution in [0.15, 0.2) is 53.0 Å². The van der Waals surface area contributed by atoms with Crippen LogP contribution in [-0.4, -0.2) is 13.6 Å². The maximum atomic E-state index is 13.0. The van der Waals surface area contributed by atoms with E-state index < -0.39 is 0 Å². The lowest BCUT2D eigenvalue weighted by Gasteiger charge is -2.18. The molecule has 2 aromatic rings. The smallest absolute Gasteiger partial charge is 0.123 e. The average Bonchev–Trinajstić information content (AvgIpc) is 2.44. The Morgan fingerprint density at radius 3 is 2.60 bits per heavy atom. The first kappa shape index (κ1) is 15.2. The fraction of sp³-hybridized carbons (Fsp3) is 0.250. The molecular weight excluding hydrogens is 321 g/mol. The maximum absolute atomic E-state index is 13.0. The fourth-order valence-corrected chi connectivity index (χ4v) is 2.41. The molecule has 106 valence electrons. The summed E-state index contributed by atoms with van der Waals surface area (Å²) in [5.74, 6) is -0.232. The molecule has 0 aliphatic carbocycles. The third-order valence-corrected chi connectivity index (χ3v) is 3.46. The molecule has 1 unspecified atom stereocenters. The van der Waals surface area contributed by atoms with Gasteiger partial charge in [-0.15, -0.1) is 0 Å². The second-order valence-electron chi connectivity index (χ2n) is 4.54. The lowest BCUT2D eigenvalue weighted by Crippen LogP contribution is -2.19. The first-order chi connectivity index (χ1) is 9.69. The quantitative estimate of drug-likeness (QED) is 0.857. The Labute approximate surface area is 127 Å². The fourth-order valence-electron chi connectivity index (χ4n) is 1.96. The van der Waals surface area contributed by atoms with E-state index in [0.29, 0.717) is 13.2 Å². The highest BCUT2D eigenvalue weighted by Crippen LogP contribution is 2.20. The number of likely N-dealkylation sites (N-methyl/N-ethyl adjacent to an activating group) is 1. The highest BCUT2D eigenvalue weighted by atomic mass is 79.9. The molecule has 0 radical (unpaired) electrons. The Morgan fingerprint density at radius 2 is 1.95 bits per heavy atom. The van der Waals surface area contributed by atoms with E-state index in [2.05, 4.69) is 21.2 Å². The van der Waals surface area contributed by atoms with E-state index in [-0.39, 0.29) is 11.9 Å². The molecule has 0 aromatic heterocycles. The topological polar surface area (TPSA) is 21.3 Å². The van der Waals surface area contributed by atoms with E-state index in [1.165, 1.54) is 12.1 Å². The molecule has 0 aliphatic rings. The van der Waals surface area contributed by atoms with Gasteiger partial charge in [0.2, 0.25) is 0 Å². The average molecular weight is 338 g/mol. The van der Waals surface area contributed by atoms with Crippen molar-refractivity contribution in [3.8, 4) is 0 Å². The van der Waals surface area contributed by atoms with Crippen LogP contribution in [0, 0.1) is 5.82 Å². The highest BCUT2D eigenvalue weighted by molar-refractivity contribution is 9.10. The second-order valence-corrected chi connectivity index (χ2v) is 5.45. The number of hydrogen-bond donors (Lipinski definition) is 1. The number of halogens is 2. The Bertz CT molecular complexity index is 544. The van der Waals surface area contributed by atoms with Crippen LogP contribution in [0.2, 0.25) is 0 Å². The van der Waals surface area contributed by atoms with Crippen molar-refractivity contribution >= 4 is 15.9 Å². The summed E-state index contributed by atoms with van der Waals surface area (Å²) in [7, 11) is 1.87. The molecule has 0 saturated carbocycles. The van der Waals surface area contributed by atoms with E-state index in [0.717, 1.165) is 15.6 Å². The van der Waals surface area contributed by atoms with Crippen LogP contribution in [0.4, 0.5) is 4.39 Å². The van der Waals surface area contributed by atoms with E-state index in [1.54, 1.807) is 12.1 Å². The summed E-state index contributed by atoms with van der Waals surface area (Å²) in [6.45, 7) is 1.20. The molecule has 0 bridgehead atoms. The minimum Gasteiger partial charge on any atom is -0.368 e. The standard InChI is InChI=1S/C16H17BrFNO/c1-19-10-16(13-5-7-15(18)8-6-13)20-11-12-3-2-4-14(17)9-12/h2-9,16,19H,10-11H2,1H3. The zero-order valence-electron chi connectivity index (χ0n) is 11.3. The zero-order valence-corrected chi connectivity index (χ0v) is 12.9. The molecular formula is C16H17BrFNO. The summed E-state index contributed by atoms with van der Waals surface area (Å²) in [4.78, 5) is 0. The van der Waals surface area contributed by atoms with Gasteiger partial charge in [-0.3, -0.25) is 0 Å². The number of rotatable bonds is 6. The van der Waals surface area contributed by atoms with Crippen LogP contribution in [0.3, 0.4) is 0 Å². The number of hydrogen-bond acceptors (Lipinski definition) is 2. The molecule has 2 rings (SSSR count). The van der Waals surface area contributed by atoms with Crippen molar-refractivity contribution in [1.82, 2.24) is 5.32 Å². The van der Waals surface area contributed by atoms with Crippen molar-refractivity contribution in [3.63, 3.8) is 0 Å². The molecule has 1 atom stereocenters. The highest BCUT2D eigenvalue weighted by Gasteiger charge is 2.11. The first-order valence-electron chi connectivity index (χ1n) is 6.45. The second kappa shape index (κ2) is 7.53. The van der Waals surface area contributed by atoms with Crippen molar-refractivity contribution < 1.29 is 9.13 Å².